The topological polar surface area (TPSA) is 130 Å². The molecule has 35 heavy (non-hydrogen) atoms. The van der Waals surface area contributed by atoms with Crippen LogP contribution in [0.5, 0.6) is 0 Å². The number of fused-ring (bicyclic) bond motifs is 1. The van der Waals surface area contributed by atoms with Crippen molar-refractivity contribution in [2.45, 2.75) is 43.5 Å². The SMILES string of the molecule is CNCc1cc(S(C)(=O)=O)cc2c1CN(c1cccc(C(=N)N(C=N)C(C)CC(F)(F)F)n1)C2=O. The van der Waals surface area contributed by atoms with E-state index in [-0.39, 0.29) is 28.5 Å². The van der Waals surface area contributed by atoms with Crippen LogP contribution in [0, 0.1) is 10.8 Å². The lowest BCUT2D eigenvalue weighted by molar-refractivity contribution is -0.141. The molecule has 1 aliphatic rings. The van der Waals surface area contributed by atoms with Gasteiger partial charge in [-0.1, -0.05) is 6.07 Å². The molecule has 0 saturated carbocycles. The number of rotatable bonds is 8. The lowest BCUT2D eigenvalue weighted by atomic mass is 10.0. The number of sulfone groups is 1. The fourth-order valence-corrected chi connectivity index (χ4v) is 4.57. The van der Waals surface area contributed by atoms with Crippen LogP contribution < -0.4 is 10.2 Å². The van der Waals surface area contributed by atoms with Crippen LogP contribution in [0.15, 0.2) is 35.2 Å². The Balaban J connectivity index is 1.95. The number of amides is 1. The Kier molecular flexibility index (Phi) is 7.31. The predicted molar refractivity (Wildman–Crippen MR) is 125 cm³/mol. The third-order valence-electron chi connectivity index (χ3n) is 5.56. The summed E-state index contributed by atoms with van der Waals surface area (Å²) < 4.78 is 62.7. The molecule has 1 atom stereocenters. The number of aromatic nitrogens is 1. The molecule has 9 nitrogen and oxygen atoms in total. The summed E-state index contributed by atoms with van der Waals surface area (Å²) in [6.45, 7) is 1.69. The fraction of sp³-hybridized carbons (Fsp3) is 0.364. The van der Waals surface area contributed by atoms with E-state index in [1.54, 1.807) is 7.05 Å². The summed E-state index contributed by atoms with van der Waals surface area (Å²) in [4.78, 5) is 19.7. The van der Waals surface area contributed by atoms with E-state index in [2.05, 4.69) is 10.3 Å². The van der Waals surface area contributed by atoms with Crippen LogP contribution in [-0.2, 0) is 22.9 Å². The molecule has 1 aliphatic heterocycles. The second kappa shape index (κ2) is 9.74. The minimum absolute atomic E-state index is 0.0143. The molecule has 1 aromatic carbocycles. The molecule has 3 N–H and O–H groups in total. The number of carbonyl (C=O) groups excluding carboxylic acids is 1. The maximum atomic E-state index is 13.2. The number of alkyl halides is 3. The molecule has 0 spiro atoms. The number of nitrogens with zero attached hydrogens (tertiary/aromatic N) is 3. The largest absolute Gasteiger partial charge is 0.391 e. The monoisotopic (exact) mass is 510 g/mol. The smallest absolute Gasteiger partial charge is 0.316 e. The van der Waals surface area contributed by atoms with Gasteiger partial charge in [0, 0.05) is 24.4 Å². The van der Waals surface area contributed by atoms with Crippen LogP contribution in [0.1, 0.15) is 40.5 Å². The standard InChI is InChI=1S/C22H25F3N6O3S/c1-13(9-22(23,24)25)31(12-26)20(27)18-5-4-6-19(29-18)30-11-17-14(10-28-2)7-15(35(3,33)34)8-16(17)21(30)32/h4-8,12-13,26-28H,9-11H2,1-3H3. The minimum Gasteiger partial charge on any atom is -0.316 e. The molecule has 0 saturated heterocycles. The first-order valence-corrected chi connectivity index (χ1v) is 12.4. The zero-order chi connectivity index (χ0) is 26.1. The fourth-order valence-electron chi connectivity index (χ4n) is 3.89. The van der Waals surface area contributed by atoms with Crippen molar-refractivity contribution in [2.75, 3.05) is 18.2 Å². The highest BCUT2D eigenvalue weighted by Gasteiger charge is 2.35. The van der Waals surface area contributed by atoms with Gasteiger partial charge in [0.1, 0.15) is 11.5 Å². The van der Waals surface area contributed by atoms with Crippen molar-refractivity contribution in [3.05, 3.63) is 52.7 Å². The van der Waals surface area contributed by atoms with Crippen molar-refractivity contribution < 1.29 is 26.4 Å². The summed E-state index contributed by atoms with van der Waals surface area (Å²) in [6, 6.07) is 6.07. The zero-order valence-electron chi connectivity index (χ0n) is 19.3. The maximum absolute atomic E-state index is 13.2. The van der Waals surface area contributed by atoms with Gasteiger partial charge in [0.25, 0.3) is 5.91 Å². The Morgan fingerprint density at radius 2 is 2.03 bits per heavy atom. The van der Waals surface area contributed by atoms with Crippen LogP contribution in [0.2, 0.25) is 0 Å². The number of carbonyl (C=O) groups is 1. The summed E-state index contributed by atoms with van der Waals surface area (Å²) in [5, 5.41) is 18.8. The first kappa shape index (κ1) is 26.3. The van der Waals surface area contributed by atoms with Crippen molar-refractivity contribution in [3.63, 3.8) is 0 Å². The van der Waals surface area contributed by atoms with Crippen LogP contribution in [0.3, 0.4) is 0 Å². The van der Waals surface area contributed by atoms with Gasteiger partial charge in [-0.3, -0.25) is 20.5 Å². The minimum atomic E-state index is -4.47. The van der Waals surface area contributed by atoms with E-state index in [0.29, 0.717) is 24.0 Å². The zero-order valence-corrected chi connectivity index (χ0v) is 20.1. The molecular formula is C22H25F3N6O3S. The van der Waals surface area contributed by atoms with Crippen LogP contribution >= 0.6 is 0 Å². The number of anilines is 1. The summed E-state index contributed by atoms with van der Waals surface area (Å²) in [7, 11) is -1.88. The van der Waals surface area contributed by atoms with Gasteiger partial charge in [0.2, 0.25) is 0 Å². The van der Waals surface area contributed by atoms with E-state index in [9.17, 15) is 26.4 Å². The highest BCUT2D eigenvalue weighted by Crippen LogP contribution is 2.32. The van der Waals surface area contributed by atoms with E-state index in [1.807, 2.05) is 0 Å². The molecule has 1 amide bonds. The third kappa shape index (κ3) is 5.68. The number of hydrogen-bond acceptors (Lipinski definition) is 7. The highest BCUT2D eigenvalue weighted by molar-refractivity contribution is 7.90. The lowest BCUT2D eigenvalue weighted by Crippen LogP contribution is -2.40. The van der Waals surface area contributed by atoms with E-state index in [4.69, 9.17) is 10.8 Å². The van der Waals surface area contributed by atoms with E-state index >= 15 is 0 Å². The molecule has 2 aromatic rings. The Hall–Kier alpha value is -3.32. The Morgan fingerprint density at radius 3 is 2.60 bits per heavy atom. The van der Waals surface area contributed by atoms with E-state index in [1.165, 1.54) is 42.2 Å². The third-order valence-corrected chi connectivity index (χ3v) is 6.65. The molecule has 0 fully saturated rings. The van der Waals surface area contributed by atoms with Gasteiger partial charge in [0.15, 0.2) is 15.7 Å². The molecule has 188 valence electrons. The van der Waals surface area contributed by atoms with Gasteiger partial charge < -0.3 is 10.2 Å². The first-order valence-electron chi connectivity index (χ1n) is 10.5. The van der Waals surface area contributed by atoms with Crippen molar-refractivity contribution in [1.82, 2.24) is 15.2 Å². The highest BCUT2D eigenvalue weighted by atomic mass is 32.2. The van der Waals surface area contributed by atoms with Crippen molar-refractivity contribution >= 4 is 33.7 Å². The van der Waals surface area contributed by atoms with Gasteiger partial charge in [-0.05, 0) is 49.4 Å². The van der Waals surface area contributed by atoms with Crippen molar-refractivity contribution in [1.29, 1.82) is 10.8 Å². The Labute approximate surface area is 200 Å². The van der Waals surface area contributed by atoms with Crippen LogP contribution in [0.4, 0.5) is 19.0 Å². The summed E-state index contributed by atoms with van der Waals surface area (Å²) in [6.07, 6.45) is -4.00. The number of nitrogens with one attached hydrogen (secondary N) is 3. The van der Waals surface area contributed by atoms with E-state index in [0.717, 1.165) is 11.2 Å². The van der Waals surface area contributed by atoms with Crippen LogP contribution in [0.25, 0.3) is 0 Å². The number of hydrogen-bond donors (Lipinski definition) is 3. The van der Waals surface area contributed by atoms with Crippen molar-refractivity contribution in [3.8, 4) is 0 Å². The predicted octanol–water partition coefficient (Wildman–Crippen LogP) is 2.94. The molecular weight excluding hydrogens is 485 g/mol. The van der Waals surface area contributed by atoms with Gasteiger partial charge in [-0.25, -0.2) is 13.4 Å². The second-order valence-electron chi connectivity index (χ2n) is 8.24. The molecule has 1 unspecified atom stereocenters. The molecule has 0 radical (unpaired) electrons. The van der Waals surface area contributed by atoms with Gasteiger partial charge in [-0.15, -0.1) is 0 Å². The van der Waals surface area contributed by atoms with E-state index < -0.39 is 40.2 Å². The maximum Gasteiger partial charge on any atom is 0.391 e. The normalized spacial score (nSPS) is 14.6. The lowest BCUT2D eigenvalue weighted by Gasteiger charge is -2.27. The average Bonchev–Trinajstić information content (AvgIpc) is 3.09. The second-order valence-corrected chi connectivity index (χ2v) is 10.3. The summed E-state index contributed by atoms with van der Waals surface area (Å²) in [5.41, 5.74) is 1.48. The number of pyridine rings is 1. The molecule has 13 heteroatoms. The Morgan fingerprint density at radius 1 is 1.34 bits per heavy atom. The first-order chi connectivity index (χ1) is 16.3. The number of benzene rings is 1. The van der Waals surface area contributed by atoms with Crippen molar-refractivity contribution in [2.24, 2.45) is 0 Å². The molecule has 3 rings (SSSR count). The average molecular weight is 511 g/mol. The number of amidine groups is 1. The summed E-state index contributed by atoms with van der Waals surface area (Å²) in [5.74, 6) is -0.746. The Bertz CT molecular complexity index is 1280. The molecule has 2 heterocycles. The van der Waals surface area contributed by atoms with Crippen LogP contribution in [-0.4, -0.2) is 61.9 Å². The molecule has 0 bridgehead atoms. The quantitative estimate of drug-likeness (QED) is 0.370. The number of halogens is 3. The van der Waals surface area contributed by atoms with Gasteiger partial charge >= 0.3 is 6.18 Å². The van der Waals surface area contributed by atoms with Gasteiger partial charge in [-0.2, -0.15) is 13.2 Å². The summed E-state index contributed by atoms with van der Waals surface area (Å²) >= 11 is 0. The molecule has 0 aliphatic carbocycles. The molecule has 1 aromatic heterocycles. The van der Waals surface area contributed by atoms with Gasteiger partial charge in [0.05, 0.1) is 24.2 Å².